The number of carbonyl (C=O) groups excluding carboxylic acids is 1. The van der Waals surface area contributed by atoms with E-state index in [0.29, 0.717) is 6.42 Å². The summed E-state index contributed by atoms with van der Waals surface area (Å²) in [4.78, 5) is 21.2. The predicted molar refractivity (Wildman–Crippen MR) is 102 cm³/mol. The van der Waals surface area contributed by atoms with Gasteiger partial charge in [-0.25, -0.2) is 4.99 Å². The van der Waals surface area contributed by atoms with Gasteiger partial charge in [-0.3, -0.25) is 9.69 Å². The van der Waals surface area contributed by atoms with E-state index < -0.39 is 0 Å². The van der Waals surface area contributed by atoms with Crippen molar-refractivity contribution in [2.45, 2.75) is 17.4 Å². The maximum absolute atomic E-state index is 13.5. The maximum Gasteiger partial charge on any atom is 0.239 e. The SMILES string of the molecule is O=C1[C@@H](Cc2ccccc2)[C@@H](c2ccco2)N=C2Sc3ccccc3N12. The van der Waals surface area contributed by atoms with Crippen molar-refractivity contribution in [1.82, 2.24) is 0 Å². The lowest BCUT2D eigenvalue weighted by molar-refractivity contribution is -0.122. The second-order valence-electron chi connectivity index (χ2n) is 6.41. The van der Waals surface area contributed by atoms with Crippen molar-refractivity contribution in [2.24, 2.45) is 10.9 Å². The van der Waals surface area contributed by atoms with Crippen molar-refractivity contribution in [1.29, 1.82) is 0 Å². The van der Waals surface area contributed by atoms with Crippen LogP contribution < -0.4 is 4.90 Å². The summed E-state index contributed by atoms with van der Waals surface area (Å²) in [6.07, 6.45) is 2.27. The highest BCUT2D eigenvalue weighted by Crippen LogP contribution is 2.46. The van der Waals surface area contributed by atoms with Crippen LogP contribution >= 0.6 is 11.8 Å². The standard InChI is InChI=1S/C21H16N2O2S/c24-20-15(13-14-7-2-1-3-8-14)19(17-10-6-12-25-17)22-21-23(20)16-9-4-5-11-18(16)26-21/h1-12,15,19H,13H2/t15-,19-/m0/s1. The van der Waals surface area contributed by atoms with E-state index in [9.17, 15) is 4.79 Å². The van der Waals surface area contributed by atoms with Crippen molar-refractivity contribution in [3.8, 4) is 0 Å². The van der Waals surface area contributed by atoms with Crippen molar-refractivity contribution in [2.75, 3.05) is 4.90 Å². The van der Waals surface area contributed by atoms with Gasteiger partial charge in [0.25, 0.3) is 0 Å². The number of amides is 1. The Labute approximate surface area is 155 Å². The lowest BCUT2D eigenvalue weighted by Gasteiger charge is -2.32. The number of hydrogen-bond acceptors (Lipinski definition) is 4. The average molecular weight is 360 g/mol. The number of nitrogens with zero attached hydrogens (tertiary/aromatic N) is 2. The quantitative estimate of drug-likeness (QED) is 0.681. The molecule has 0 aliphatic carbocycles. The van der Waals surface area contributed by atoms with Crippen LogP contribution in [0.2, 0.25) is 0 Å². The Bertz CT molecular complexity index is 982. The molecule has 0 saturated heterocycles. The van der Waals surface area contributed by atoms with Crippen LogP contribution in [0.1, 0.15) is 17.4 Å². The number of amidine groups is 1. The smallest absolute Gasteiger partial charge is 0.239 e. The van der Waals surface area contributed by atoms with Gasteiger partial charge in [0, 0.05) is 4.90 Å². The Morgan fingerprint density at radius 2 is 1.81 bits per heavy atom. The number of thioether (sulfide) groups is 1. The lowest BCUT2D eigenvalue weighted by Crippen LogP contribution is -2.44. The van der Waals surface area contributed by atoms with Gasteiger partial charge in [0.15, 0.2) is 5.17 Å². The molecule has 0 spiro atoms. The fourth-order valence-electron chi connectivity index (χ4n) is 3.57. The van der Waals surface area contributed by atoms with Crippen LogP contribution in [0.15, 0.2) is 87.3 Å². The van der Waals surface area contributed by atoms with Crippen LogP contribution in [0, 0.1) is 5.92 Å². The predicted octanol–water partition coefficient (Wildman–Crippen LogP) is 4.69. The molecule has 5 heteroatoms. The number of aliphatic imine (C=N–C) groups is 1. The molecule has 0 N–H and O–H groups in total. The third kappa shape index (κ3) is 2.47. The number of benzene rings is 2. The lowest BCUT2D eigenvalue weighted by atomic mass is 9.88. The molecular weight excluding hydrogens is 344 g/mol. The molecule has 2 aliphatic rings. The Morgan fingerprint density at radius 3 is 2.62 bits per heavy atom. The molecule has 1 amide bonds. The van der Waals surface area contributed by atoms with E-state index in [1.54, 1.807) is 22.9 Å². The number of rotatable bonds is 3. The van der Waals surface area contributed by atoms with Gasteiger partial charge in [0.2, 0.25) is 5.91 Å². The molecule has 2 aromatic carbocycles. The molecule has 0 unspecified atom stereocenters. The third-order valence-corrected chi connectivity index (χ3v) is 5.84. The maximum atomic E-state index is 13.5. The first kappa shape index (κ1) is 15.5. The Kier molecular flexibility index (Phi) is 3.68. The highest BCUT2D eigenvalue weighted by molar-refractivity contribution is 8.15. The number of para-hydroxylation sites is 1. The molecule has 2 atom stereocenters. The van der Waals surface area contributed by atoms with E-state index >= 15 is 0 Å². The van der Waals surface area contributed by atoms with E-state index in [0.717, 1.165) is 27.1 Å². The summed E-state index contributed by atoms with van der Waals surface area (Å²) in [5.74, 6) is 0.528. The van der Waals surface area contributed by atoms with Gasteiger partial charge in [-0.1, -0.05) is 42.5 Å². The number of furan rings is 1. The first-order chi connectivity index (χ1) is 12.8. The van der Waals surface area contributed by atoms with Gasteiger partial charge in [0.05, 0.1) is 17.9 Å². The fraction of sp³-hybridized carbons (Fsp3) is 0.143. The molecular formula is C21H16N2O2S. The van der Waals surface area contributed by atoms with Crippen LogP contribution in [0.25, 0.3) is 0 Å². The van der Waals surface area contributed by atoms with Crippen molar-refractivity contribution in [3.05, 3.63) is 84.3 Å². The minimum atomic E-state index is -0.300. The molecule has 0 fully saturated rings. The van der Waals surface area contributed by atoms with Crippen molar-refractivity contribution >= 4 is 28.5 Å². The van der Waals surface area contributed by atoms with Crippen LogP contribution in [-0.2, 0) is 11.2 Å². The first-order valence-corrected chi connectivity index (χ1v) is 9.39. The molecule has 1 aromatic heterocycles. The highest BCUT2D eigenvalue weighted by Gasteiger charge is 2.44. The Hall–Kier alpha value is -2.79. The molecule has 0 bridgehead atoms. The summed E-state index contributed by atoms with van der Waals surface area (Å²) in [6.45, 7) is 0. The number of carbonyl (C=O) groups is 1. The summed E-state index contributed by atoms with van der Waals surface area (Å²) in [6, 6.07) is 21.5. The van der Waals surface area contributed by atoms with E-state index in [4.69, 9.17) is 9.41 Å². The molecule has 4 nitrogen and oxygen atoms in total. The zero-order chi connectivity index (χ0) is 17.5. The zero-order valence-electron chi connectivity index (χ0n) is 13.9. The van der Waals surface area contributed by atoms with E-state index in [-0.39, 0.29) is 17.9 Å². The van der Waals surface area contributed by atoms with Crippen LogP contribution in [-0.4, -0.2) is 11.1 Å². The van der Waals surface area contributed by atoms with Gasteiger partial charge in [-0.15, -0.1) is 0 Å². The topological polar surface area (TPSA) is 45.8 Å². The molecule has 3 aromatic rings. The van der Waals surface area contributed by atoms with Crippen LogP contribution in [0.3, 0.4) is 0 Å². The Morgan fingerprint density at radius 1 is 1.00 bits per heavy atom. The molecule has 26 heavy (non-hydrogen) atoms. The molecule has 0 saturated carbocycles. The summed E-state index contributed by atoms with van der Waals surface area (Å²) >= 11 is 1.55. The minimum Gasteiger partial charge on any atom is -0.467 e. The fourth-order valence-corrected chi connectivity index (χ4v) is 4.62. The van der Waals surface area contributed by atoms with Gasteiger partial charge in [-0.05, 0) is 48.0 Å². The summed E-state index contributed by atoms with van der Waals surface area (Å²) < 4.78 is 5.63. The second-order valence-corrected chi connectivity index (χ2v) is 7.42. The van der Waals surface area contributed by atoms with Crippen molar-refractivity contribution < 1.29 is 9.21 Å². The summed E-state index contributed by atoms with van der Waals surface area (Å²) in [5.41, 5.74) is 2.05. The van der Waals surface area contributed by atoms with Gasteiger partial charge >= 0.3 is 0 Å². The Balaban J connectivity index is 1.59. The molecule has 2 aliphatic heterocycles. The number of anilines is 1. The highest BCUT2D eigenvalue weighted by atomic mass is 32.2. The first-order valence-electron chi connectivity index (χ1n) is 8.57. The van der Waals surface area contributed by atoms with Gasteiger partial charge < -0.3 is 4.42 Å². The number of hydrogen-bond donors (Lipinski definition) is 0. The molecule has 0 radical (unpaired) electrons. The molecule has 3 heterocycles. The summed E-state index contributed by atoms with van der Waals surface area (Å²) in [7, 11) is 0. The average Bonchev–Trinajstić information content (AvgIpc) is 3.32. The monoisotopic (exact) mass is 360 g/mol. The second kappa shape index (κ2) is 6.18. The molecule has 5 rings (SSSR count). The largest absolute Gasteiger partial charge is 0.467 e. The van der Waals surface area contributed by atoms with Crippen LogP contribution in [0.4, 0.5) is 5.69 Å². The van der Waals surface area contributed by atoms with Gasteiger partial charge in [-0.2, -0.15) is 0 Å². The summed E-state index contributed by atoms with van der Waals surface area (Å²) in [5, 5.41) is 0.738. The van der Waals surface area contributed by atoms with Crippen LogP contribution in [0.5, 0.6) is 0 Å². The van der Waals surface area contributed by atoms with Gasteiger partial charge in [0.1, 0.15) is 11.8 Å². The third-order valence-electron chi connectivity index (χ3n) is 4.80. The zero-order valence-corrected chi connectivity index (χ0v) is 14.7. The van der Waals surface area contributed by atoms with E-state index in [2.05, 4.69) is 12.1 Å². The van der Waals surface area contributed by atoms with E-state index in [1.165, 1.54) is 0 Å². The number of fused-ring (bicyclic) bond motifs is 3. The molecule has 128 valence electrons. The minimum absolute atomic E-state index is 0.0812. The van der Waals surface area contributed by atoms with E-state index in [1.807, 2.05) is 54.6 Å². The van der Waals surface area contributed by atoms with Crippen molar-refractivity contribution in [3.63, 3.8) is 0 Å². The normalized spacial score (nSPS) is 21.3.